The van der Waals surface area contributed by atoms with Crippen molar-refractivity contribution < 1.29 is 4.79 Å². The van der Waals surface area contributed by atoms with Crippen LogP contribution in [0.3, 0.4) is 0 Å². The lowest BCUT2D eigenvalue weighted by Gasteiger charge is -2.25. The van der Waals surface area contributed by atoms with Crippen LogP contribution in [0.4, 0.5) is 0 Å². The molecule has 1 aliphatic carbocycles. The Bertz CT molecular complexity index is 209. The number of hydrogen-bond acceptors (Lipinski definition) is 2. The van der Waals surface area contributed by atoms with E-state index < -0.39 is 0 Å². The van der Waals surface area contributed by atoms with Gasteiger partial charge in [-0.05, 0) is 39.5 Å². The molecule has 0 saturated heterocycles. The molecule has 0 bridgehead atoms. The third kappa shape index (κ3) is 2.98. The monoisotopic (exact) mass is 198 g/mol. The number of nitrogens with one attached hydrogen (secondary N) is 2. The van der Waals surface area contributed by atoms with Crippen molar-refractivity contribution >= 4 is 5.91 Å². The molecule has 3 nitrogen and oxygen atoms in total. The summed E-state index contributed by atoms with van der Waals surface area (Å²) in [5, 5.41) is 6.13. The highest BCUT2D eigenvalue weighted by Gasteiger charge is 2.31. The summed E-state index contributed by atoms with van der Waals surface area (Å²) in [6, 6.07) is 0.555. The molecule has 1 amide bonds. The van der Waals surface area contributed by atoms with E-state index in [1.807, 2.05) is 13.8 Å². The third-order valence-corrected chi connectivity index (χ3v) is 3.04. The van der Waals surface area contributed by atoms with Gasteiger partial charge >= 0.3 is 0 Å². The summed E-state index contributed by atoms with van der Waals surface area (Å²) in [6.45, 7) is 6.90. The zero-order valence-electron chi connectivity index (χ0n) is 9.68. The fourth-order valence-corrected chi connectivity index (χ4v) is 1.60. The molecule has 0 aromatic carbocycles. The summed E-state index contributed by atoms with van der Waals surface area (Å²) in [5.74, 6) is 0.948. The van der Waals surface area contributed by atoms with Crippen molar-refractivity contribution in [1.29, 1.82) is 0 Å². The largest absolute Gasteiger partial charge is 0.359 e. The summed E-state index contributed by atoms with van der Waals surface area (Å²) in [4.78, 5) is 11.5. The maximum Gasteiger partial charge on any atom is 0.226 e. The van der Waals surface area contributed by atoms with E-state index in [1.54, 1.807) is 7.05 Å². The van der Waals surface area contributed by atoms with E-state index in [-0.39, 0.29) is 11.3 Å². The van der Waals surface area contributed by atoms with Crippen molar-refractivity contribution in [3.8, 4) is 0 Å². The highest BCUT2D eigenvalue weighted by atomic mass is 16.2. The molecule has 1 atom stereocenters. The lowest BCUT2D eigenvalue weighted by atomic mass is 9.92. The molecule has 1 saturated carbocycles. The predicted molar refractivity (Wildman–Crippen MR) is 58.0 cm³/mol. The molecule has 14 heavy (non-hydrogen) atoms. The first kappa shape index (κ1) is 11.5. The van der Waals surface area contributed by atoms with Crippen LogP contribution in [0.5, 0.6) is 0 Å². The Kier molecular flexibility index (Phi) is 3.53. The van der Waals surface area contributed by atoms with Gasteiger partial charge in [-0.25, -0.2) is 0 Å². The Balaban J connectivity index is 2.30. The van der Waals surface area contributed by atoms with Crippen LogP contribution in [0.1, 0.15) is 33.6 Å². The Morgan fingerprint density at radius 2 is 2.07 bits per heavy atom. The van der Waals surface area contributed by atoms with E-state index in [0.717, 1.165) is 12.5 Å². The zero-order chi connectivity index (χ0) is 10.8. The Morgan fingerprint density at radius 1 is 1.50 bits per heavy atom. The van der Waals surface area contributed by atoms with Gasteiger partial charge < -0.3 is 10.6 Å². The van der Waals surface area contributed by atoms with E-state index >= 15 is 0 Å². The summed E-state index contributed by atoms with van der Waals surface area (Å²) in [7, 11) is 1.69. The van der Waals surface area contributed by atoms with E-state index in [9.17, 15) is 4.79 Å². The van der Waals surface area contributed by atoms with Gasteiger partial charge in [0.2, 0.25) is 5.91 Å². The molecule has 0 radical (unpaired) electrons. The molecule has 1 aliphatic rings. The van der Waals surface area contributed by atoms with Gasteiger partial charge in [0.05, 0.1) is 5.41 Å². The molecule has 1 rings (SSSR count). The average Bonchev–Trinajstić information content (AvgIpc) is 2.96. The smallest absolute Gasteiger partial charge is 0.226 e. The number of carbonyl (C=O) groups is 1. The standard InChI is InChI=1S/C11H22N2O/c1-8(9-5-6-9)13-7-11(2,3)10(14)12-4/h8-9,13H,5-7H2,1-4H3,(H,12,14). The van der Waals surface area contributed by atoms with Crippen LogP contribution in [-0.4, -0.2) is 25.5 Å². The first-order chi connectivity index (χ1) is 6.47. The van der Waals surface area contributed by atoms with Gasteiger partial charge in [0.1, 0.15) is 0 Å². The third-order valence-electron chi connectivity index (χ3n) is 3.04. The normalized spacial score (nSPS) is 19.1. The minimum Gasteiger partial charge on any atom is -0.359 e. The molecular weight excluding hydrogens is 176 g/mol. The topological polar surface area (TPSA) is 41.1 Å². The summed E-state index contributed by atoms with van der Waals surface area (Å²) < 4.78 is 0. The first-order valence-electron chi connectivity index (χ1n) is 5.43. The van der Waals surface area contributed by atoms with Gasteiger partial charge in [0, 0.05) is 19.6 Å². The predicted octanol–water partition coefficient (Wildman–Crippen LogP) is 1.15. The Morgan fingerprint density at radius 3 is 2.50 bits per heavy atom. The average molecular weight is 198 g/mol. The molecule has 0 aliphatic heterocycles. The second-order valence-corrected chi connectivity index (χ2v) is 4.97. The van der Waals surface area contributed by atoms with Crippen molar-refractivity contribution in [3.05, 3.63) is 0 Å². The molecule has 0 heterocycles. The SMILES string of the molecule is CNC(=O)C(C)(C)CNC(C)C1CC1. The Labute approximate surface area is 86.6 Å². The summed E-state index contributed by atoms with van der Waals surface area (Å²) in [6.07, 6.45) is 2.68. The zero-order valence-corrected chi connectivity index (χ0v) is 9.68. The summed E-state index contributed by atoms with van der Waals surface area (Å²) in [5.41, 5.74) is -0.308. The van der Waals surface area contributed by atoms with Crippen LogP contribution in [-0.2, 0) is 4.79 Å². The quantitative estimate of drug-likeness (QED) is 0.695. The molecular formula is C11H22N2O. The van der Waals surface area contributed by atoms with Crippen molar-refractivity contribution in [2.24, 2.45) is 11.3 Å². The van der Waals surface area contributed by atoms with E-state index in [2.05, 4.69) is 17.6 Å². The first-order valence-corrected chi connectivity index (χ1v) is 5.43. The van der Waals surface area contributed by atoms with Crippen LogP contribution in [0.15, 0.2) is 0 Å². The van der Waals surface area contributed by atoms with Crippen molar-refractivity contribution in [2.75, 3.05) is 13.6 Å². The number of hydrogen-bond donors (Lipinski definition) is 2. The van der Waals surface area contributed by atoms with Crippen molar-refractivity contribution in [3.63, 3.8) is 0 Å². The van der Waals surface area contributed by atoms with Gasteiger partial charge in [-0.1, -0.05) is 0 Å². The van der Waals surface area contributed by atoms with Crippen LogP contribution >= 0.6 is 0 Å². The number of rotatable bonds is 5. The minimum atomic E-state index is -0.308. The van der Waals surface area contributed by atoms with Gasteiger partial charge in [-0.15, -0.1) is 0 Å². The van der Waals surface area contributed by atoms with Gasteiger partial charge in [0.25, 0.3) is 0 Å². The highest BCUT2D eigenvalue weighted by Crippen LogP contribution is 2.32. The minimum absolute atomic E-state index is 0.105. The molecule has 0 aromatic heterocycles. The maximum atomic E-state index is 11.5. The van der Waals surface area contributed by atoms with E-state index in [0.29, 0.717) is 6.04 Å². The highest BCUT2D eigenvalue weighted by molar-refractivity contribution is 5.81. The van der Waals surface area contributed by atoms with Gasteiger partial charge in [-0.2, -0.15) is 0 Å². The lowest BCUT2D eigenvalue weighted by Crippen LogP contribution is -2.44. The van der Waals surface area contributed by atoms with Gasteiger partial charge in [0.15, 0.2) is 0 Å². The van der Waals surface area contributed by atoms with Crippen LogP contribution in [0, 0.1) is 11.3 Å². The van der Waals surface area contributed by atoms with Crippen LogP contribution in [0.2, 0.25) is 0 Å². The van der Waals surface area contributed by atoms with Crippen LogP contribution < -0.4 is 10.6 Å². The second kappa shape index (κ2) is 4.30. The maximum absolute atomic E-state index is 11.5. The molecule has 0 aromatic rings. The molecule has 1 unspecified atom stereocenters. The molecule has 1 fully saturated rings. The lowest BCUT2D eigenvalue weighted by molar-refractivity contribution is -0.128. The van der Waals surface area contributed by atoms with Crippen molar-refractivity contribution in [1.82, 2.24) is 10.6 Å². The molecule has 0 spiro atoms. The fourth-order valence-electron chi connectivity index (χ4n) is 1.60. The van der Waals surface area contributed by atoms with E-state index in [1.165, 1.54) is 12.8 Å². The molecule has 3 heteroatoms. The van der Waals surface area contributed by atoms with Crippen LogP contribution in [0.25, 0.3) is 0 Å². The molecule has 82 valence electrons. The number of carbonyl (C=O) groups excluding carboxylic acids is 1. The van der Waals surface area contributed by atoms with Gasteiger partial charge in [-0.3, -0.25) is 4.79 Å². The van der Waals surface area contributed by atoms with Crippen molar-refractivity contribution in [2.45, 2.75) is 39.7 Å². The fraction of sp³-hybridized carbons (Fsp3) is 0.909. The summed E-state index contributed by atoms with van der Waals surface area (Å²) >= 11 is 0. The molecule has 2 N–H and O–H groups in total. The Hall–Kier alpha value is -0.570. The van der Waals surface area contributed by atoms with E-state index in [4.69, 9.17) is 0 Å². The number of amides is 1. The second-order valence-electron chi connectivity index (χ2n) is 4.97.